The van der Waals surface area contributed by atoms with E-state index < -0.39 is 0 Å². The van der Waals surface area contributed by atoms with Crippen LogP contribution in [0.3, 0.4) is 0 Å². The fourth-order valence-electron chi connectivity index (χ4n) is 1.65. The summed E-state index contributed by atoms with van der Waals surface area (Å²) in [7, 11) is 0. The van der Waals surface area contributed by atoms with Gasteiger partial charge in [0.25, 0.3) is 0 Å². The summed E-state index contributed by atoms with van der Waals surface area (Å²) < 4.78 is 6.14. The first-order valence-corrected chi connectivity index (χ1v) is 5.98. The maximum atomic E-state index is 9.14. The molecular formula is C13H12BrNO2. The second kappa shape index (κ2) is 5.29. The summed E-state index contributed by atoms with van der Waals surface area (Å²) in [6.45, 7) is 3.58. The number of hydrogen-bond acceptors (Lipinski definition) is 3. The highest BCUT2D eigenvalue weighted by molar-refractivity contribution is 9.10. The highest BCUT2D eigenvalue weighted by atomic mass is 79.9. The lowest BCUT2D eigenvalue weighted by Gasteiger charge is -2.05. The van der Waals surface area contributed by atoms with Gasteiger partial charge in [0.15, 0.2) is 12.2 Å². The van der Waals surface area contributed by atoms with Crippen LogP contribution in [-0.2, 0) is 13.0 Å². The van der Waals surface area contributed by atoms with Gasteiger partial charge in [0, 0.05) is 10.0 Å². The molecule has 2 aromatic rings. The zero-order chi connectivity index (χ0) is 12.3. The van der Waals surface area contributed by atoms with Crippen molar-refractivity contribution in [3.8, 4) is 11.3 Å². The minimum Gasteiger partial charge on any atom is -0.445 e. The number of aliphatic hydroxyl groups is 1. The Morgan fingerprint density at radius 3 is 3.00 bits per heavy atom. The number of benzene rings is 1. The van der Waals surface area contributed by atoms with Crippen LogP contribution in [0.4, 0.5) is 0 Å². The molecule has 0 saturated carbocycles. The van der Waals surface area contributed by atoms with Crippen molar-refractivity contribution in [1.29, 1.82) is 0 Å². The van der Waals surface area contributed by atoms with Crippen molar-refractivity contribution in [2.24, 2.45) is 0 Å². The van der Waals surface area contributed by atoms with Gasteiger partial charge >= 0.3 is 0 Å². The molecule has 0 aliphatic rings. The first kappa shape index (κ1) is 12.1. The number of hydrogen-bond donors (Lipinski definition) is 1. The first-order chi connectivity index (χ1) is 8.26. The Morgan fingerprint density at radius 2 is 2.29 bits per heavy atom. The topological polar surface area (TPSA) is 46.3 Å². The van der Waals surface area contributed by atoms with E-state index in [1.54, 1.807) is 0 Å². The molecule has 0 aliphatic carbocycles. The molecule has 3 nitrogen and oxygen atoms in total. The van der Waals surface area contributed by atoms with E-state index >= 15 is 0 Å². The predicted molar refractivity (Wildman–Crippen MR) is 69.5 cm³/mol. The van der Waals surface area contributed by atoms with Crippen LogP contribution in [0.2, 0.25) is 0 Å². The van der Waals surface area contributed by atoms with Gasteiger partial charge < -0.3 is 9.52 Å². The van der Waals surface area contributed by atoms with Gasteiger partial charge in [-0.3, -0.25) is 0 Å². The fraction of sp³-hybridized carbons (Fsp3) is 0.154. The number of oxazole rings is 1. The largest absolute Gasteiger partial charge is 0.445 e. The lowest BCUT2D eigenvalue weighted by Crippen LogP contribution is -1.89. The molecule has 1 aromatic carbocycles. The normalized spacial score (nSPS) is 10.5. The van der Waals surface area contributed by atoms with Gasteiger partial charge in [-0.2, -0.15) is 0 Å². The van der Waals surface area contributed by atoms with Crippen molar-refractivity contribution in [2.45, 2.75) is 13.0 Å². The molecule has 0 radical (unpaired) electrons. The number of aliphatic hydroxyl groups excluding tert-OH is 1. The average Bonchev–Trinajstić information content (AvgIpc) is 2.80. The molecule has 0 fully saturated rings. The molecule has 0 aliphatic heterocycles. The third kappa shape index (κ3) is 2.48. The summed E-state index contributed by atoms with van der Waals surface area (Å²) in [6, 6.07) is 5.92. The summed E-state index contributed by atoms with van der Waals surface area (Å²) in [4.78, 5) is 4.12. The average molecular weight is 294 g/mol. The van der Waals surface area contributed by atoms with Gasteiger partial charge in [0.05, 0.1) is 0 Å². The zero-order valence-electron chi connectivity index (χ0n) is 9.19. The van der Waals surface area contributed by atoms with Crippen molar-refractivity contribution < 1.29 is 9.52 Å². The highest BCUT2D eigenvalue weighted by Gasteiger charge is 2.11. The van der Waals surface area contributed by atoms with Crippen molar-refractivity contribution in [3.63, 3.8) is 0 Å². The minimum atomic E-state index is -0.151. The molecule has 0 spiro atoms. The molecule has 17 heavy (non-hydrogen) atoms. The lowest BCUT2D eigenvalue weighted by atomic mass is 10.1. The van der Waals surface area contributed by atoms with Crippen LogP contribution < -0.4 is 0 Å². The minimum absolute atomic E-state index is 0.151. The van der Waals surface area contributed by atoms with Crippen LogP contribution in [0.25, 0.3) is 11.3 Å². The molecule has 0 amide bonds. The smallest absolute Gasteiger partial charge is 0.181 e. The first-order valence-electron chi connectivity index (χ1n) is 5.19. The van der Waals surface area contributed by atoms with E-state index in [2.05, 4.69) is 27.5 Å². The highest BCUT2D eigenvalue weighted by Crippen LogP contribution is 2.27. The van der Waals surface area contributed by atoms with Crippen LogP contribution in [-0.4, -0.2) is 10.1 Å². The monoisotopic (exact) mass is 293 g/mol. The van der Waals surface area contributed by atoms with Crippen molar-refractivity contribution in [1.82, 2.24) is 4.98 Å². The van der Waals surface area contributed by atoms with Gasteiger partial charge in [0.1, 0.15) is 12.3 Å². The SMILES string of the molecule is C=CCc1cc(-c2ncoc2CO)ccc1Br. The van der Waals surface area contributed by atoms with E-state index in [4.69, 9.17) is 9.52 Å². The van der Waals surface area contributed by atoms with Crippen LogP contribution in [0, 0.1) is 0 Å². The number of aromatic nitrogens is 1. The van der Waals surface area contributed by atoms with Crippen LogP contribution >= 0.6 is 15.9 Å². The van der Waals surface area contributed by atoms with Gasteiger partial charge in [-0.05, 0) is 24.1 Å². The predicted octanol–water partition coefficient (Wildman–Crippen LogP) is 3.32. The molecule has 0 unspecified atom stereocenters. The maximum absolute atomic E-state index is 9.14. The Hall–Kier alpha value is -1.39. The number of allylic oxidation sites excluding steroid dienone is 1. The third-order valence-corrected chi connectivity index (χ3v) is 3.24. The summed E-state index contributed by atoms with van der Waals surface area (Å²) in [5.41, 5.74) is 2.75. The molecule has 0 atom stereocenters. The van der Waals surface area contributed by atoms with Crippen LogP contribution in [0.1, 0.15) is 11.3 Å². The van der Waals surface area contributed by atoms with E-state index in [1.807, 2.05) is 24.3 Å². The summed E-state index contributed by atoms with van der Waals surface area (Å²) in [6.07, 6.45) is 3.97. The van der Waals surface area contributed by atoms with Gasteiger partial charge in [0.2, 0.25) is 0 Å². The van der Waals surface area contributed by atoms with E-state index in [-0.39, 0.29) is 6.61 Å². The van der Waals surface area contributed by atoms with Crippen LogP contribution in [0.15, 0.2) is 46.1 Å². The van der Waals surface area contributed by atoms with Gasteiger partial charge in [-0.1, -0.05) is 28.1 Å². The summed E-state index contributed by atoms with van der Waals surface area (Å²) in [5.74, 6) is 0.483. The zero-order valence-corrected chi connectivity index (χ0v) is 10.8. The second-order valence-corrected chi connectivity index (χ2v) is 4.44. The molecular weight excluding hydrogens is 282 g/mol. The van der Waals surface area contributed by atoms with E-state index in [1.165, 1.54) is 6.39 Å². The Balaban J connectivity index is 2.46. The van der Waals surface area contributed by atoms with Gasteiger partial charge in [-0.15, -0.1) is 6.58 Å². The fourth-order valence-corrected chi connectivity index (χ4v) is 2.06. The van der Waals surface area contributed by atoms with E-state index in [9.17, 15) is 0 Å². The molecule has 2 rings (SSSR count). The Morgan fingerprint density at radius 1 is 1.47 bits per heavy atom. The Kier molecular flexibility index (Phi) is 3.76. The van der Waals surface area contributed by atoms with Crippen molar-refractivity contribution in [2.75, 3.05) is 0 Å². The molecule has 1 heterocycles. The standard InChI is InChI=1S/C13H12BrNO2/c1-2-3-9-6-10(4-5-11(9)14)13-12(7-16)17-8-15-13/h2,4-6,8,16H,1,3,7H2. The lowest BCUT2D eigenvalue weighted by molar-refractivity contribution is 0.248. The molecule has 0 saturated heterocycles. The summed E-state index contributed by atoms with van der Waals surface area (Å²) in [5, 5.41) is 9.14. The van der Waals surface area contributed by atoms with Crippen molar-refractivity contribution >= 4 is 15.9 Å². The molecule has 4 heteroatoms. The molecule has 0 bridgehead atoms. The Bertz CT molecular complexity index is 534. The van der Waals surface area contributed by atoms with Crippen LogP contribution in [0.5, 0.6) is 0 Å². The van der Waals surface area contributed by atoms with Gasteiger partial charge in [-0.25, -0.2) is 4.98 Å². The summed E-state index contributed by atoms with van der Waals surface area (Å²) >= 11 is 3.49. The number of halogens is 1. The number of nitrogens with zero attached hydrogens (tertiary/aromatic N) is 1. The van der Waals surface area contributed by atoms with Crippen molar-refractivity contribution in [3.05, 3.63) is 53.0 Å². The molecule has 88 valence electrons. The second-order valence-electron chi connectivity index (χ2n) is 3.58. The van der Waals surface area contributed by atoms with E-state index in [0.29, 0.717) is 11.5 Å². The maximum Gasteiger partial charge on any atom is 0.181 e. The molecule has 1 aromatic heterocycles. The Labute approximate surface area is 108 Å². The van der Waals surface area contributed by atoms with E-state index in [0.717, 1.165) is 22.0 Å². The molecule has 1 N–H and O–H groups in total. The third-order valence-electron chi connectivity index (χ3n) is 2.47. The quantitative estimate of drug-likeness (QED) is 0.880. The number of rotatable bonds is 4.